The van der Waals surface area contributed by atoms with Crippen molar-refractivity contribution in [2.45, 2.75) is 33.6 Å². The Bertz CT molecular complexity index is 325. The van der Waals surface area contributed by atoms with Crippen LogP contribution in [0.15, 0.2) is 11.0 Å². The molecule has 66 valence electrons. The van der Waals surface area contributed by atoms with Crippen molar-refractivity contribution in [1.82, 2.24) is 4.98 Å². The molecule has 0 spiro atoms. The summed E-state index contributed by atoms with van der Waals surface area (Å²) in [6.45, 7) is 6.13. The lowest BCUT2D eigenvalue weighted by molar-refractivity contribution is 0.978. The number of rotatable bonds is 2. The molecule has 0 radical (unpaired) electrons. The molecule has 0 saturated carbocycles. The van der Waals surface area contributed by atoms with Crippen LogP contribution in [-0.2, 0) is 12.8 Å². The first-order valence-corrected chi connectivity index (χ1v) is 4.40. The molecule has 1 heterocycles. The van der Waals surface area contributed by atoms with E-state index < -0.39 is 0 Å². The topological polar surface area (TPSA) is 32.9 Å². The highest BCUT2D eigenvalue weighted by Crippen LogP contribution is 2.09. The van der Waals surface area contributed by atoms with Crippen LogP contribution < -0.4 is 5.56 Å². The molecule has 0 unspecified atom stereocenters. The number of aryl methyl sites for hydroxylation is 1. The predicted octanol–water partition coefficient (Wildman–Crippen LogP) is 1.81. The highest BCUT2D eigenvalue weighted by molar-refractivity contribution is 5.30. The van der Waals surface area contributed by atoms with Gasteiger partial charge in [-0.3, -0.25) is 4.79 Å². The molecule has 1 aromatic rings. The van der Waals surface area contributed by atoms with Gasteiger partial charge in [0.25, 0.3) is 5.56 Å². The van der Waals surface area contributed by atoms with E-state index in [2.05, 4.69) is 11.9 Å². The Morgan fingerprint density at radius 3 is 2.50 bits per heavy atom. The minimum absolute atomic E-state index is 0.0622. The van der Waals surface area contributed by atoms with Crippen molar-refractivity contribution in [1.29, 1.82) is 0 Å². The van der Waals surface area contributed by atoms with Crippen molar-refractivity contribution in [3.8, 4) is 0 Å². The fourth-order valence-corrected chi connectivity index (χ4v) is 1.51. The number of pyridine rings is 1. The molecule has 0 fully saturated rings. The summed E-state index contributed by atoms with van der Waals surface area (Å²) in [7, 11) is 0. The fraction of sp³-hybridized carbons (Fsp3) is 0.500. The van der Waals surface area contributed by atoms with E-state index in [1.54, 1.807) is 0 Å². The van der Waals surface area contributed by atoms with Crippen molar-refractivity contribution in [3.63, 3.8) is 0 Å². The van der Waals surface area contributed by atoms with Crippen LogP contribution in [0.5, 0.6) is 0 Å². The molecule has 0 aliphatic heterocycles. The predicted molar refractivity (Wildman–Crippen MR) is 50.6 cm³/mol. The molecule has 0 saturated heterocycles. The van der Waals surface area contributed by atoms with Crippen molar-refractivity contribution in [2.75, 3.05) is 0 Å². The minimum Gasteiger partial charge on any atom is -0.329 e. The maximum atomic E-state index is 11.3. The Morgan fingerprint density at radius 1 is 1.33 bits per heavy atom. The van der Waals surface area contributed by atoms with Gasteiger partial charge in [0.1, 0.15) is 0 Å². The molecule has 0 bridgehead atoms. The van der Waals surface area contributed by atoms with Gasteiger partial charge in [-0.15, -0.1) is 0 Å². The Labute approximate surface area is 72.6 Å². The summed E-state index contributed by atoms with van der Waals surface area (Å²) in [5.74, 6) is 0. The molecule has 1 rings (SSSR count). The summed E-state index contributed by atoms with van der Waals surface area (Å²) in [6, 6.07) is 0. The number of hydrogen-bond acceptors (Lipinski definition) is 1. The van der Waals surface area contributed by atoms with E-state index in [9.17, 15) is 4.79 Å². The standard InChI is InChI=1S/C10H15NO/c1-4-8-6-11-10(12)9(5-2)7(8)3/h6H,4-5H2,1-3H3,(H,11,12). The molecule has 1 N–H and O–H groups in total. The van der Waals surface area contributed by atoms with Crippen LogP contribution in [0.3, 0.4) is 0 Å². The van der Waals surface area contributed by atoms with E-state index in [0.29, 0.717) is 0 Å². The normalized spacial score (nSPS) is 10.2. The van der Waals surface area contributed by atoms with Crippen LogP contribution in [0, 0.1) is 6.92 Å². The average Bonchev–Trinajstić information content (AvgIpc) is 2.06. The molecule has 1 aromatic heterocycles. The molecule has 0 aliphatic rings. The van der Waals surface area contributed by atoms with Gasteiger partial charge in [0, 0.05) is 11.8 Å². The van der Waals surface area contributed by atoms with Crippen molar-refractivity contribution < 1.29 is 0 Å². The second kappa shape index (κ2) is 3.57. The van der Waals surface area contributed by atoms with Crippen molar-refractivity contribution in [2.24, 2.45) is 0 Å². The molecule has 0 aliphatic carbocycles. The summed E-state index contributed by atoms with van der Waals surface area (Å²) in [5.41, 5.74) is 3.39. The van der Waals surface area contributed by atoms with E-state index in [4.69, 9.17) is 0 Å². The maximum absolute atomic E-state index is 11.3. The van der Waals surface area contributed by atoms with E-state index in [0.717, 1.165) is 24.0 Å². The summed E-state index contributed by atoms with van der Waals surface area (Å²) >= 11 is 0. The number of hydrogen-bond donors (Lipinski definition) is 1. The lowest BCUT2D eigenvalue weighted by atomic mass is 10.0. The van der Waals surface area contributed by atoms with Gasteiger partial charge < -0.3 is 4.98 Å². The third kappa shape index (κ3) is 1.42. The molecular formula is C10H15NO. The highest BCUT2D eigenvalue weighted by Gasteiger charge is 2.04. The maximum Gasteiger partial charge on any atom is 0.251 e. The zero-order valence-corrected chi connectivity index (χ0v) is 7.90. The molecule has 0 aromatic carbocycles. The van der Waals surface area contributed by atoms with Gasteiger partial charge in [0.05, 0.1) is 0 Å². The van der Waals surface area contributed by atoms with Crippen molar-refractivity contribution in [3.05, 3.63) is 33.2 Å². The van der Waals surface area contributed by atoms with E-state index in [1.807, 2.05) is 20.0 Å². The van der Waals surface area contributed by atoms with Crippen LogP contribution in [0.25, 0.3) is 0 Å². The van der Waals surface area contributed by atoms with Crippen molar-refractivity contribution >= 4 is 0 Å². The first-order chi connectivity index (χ1) is 5.70. The summed E-state index contributed by atoms with van der Waals surface area (Å²) in [5, 5.41) is 0. The van der Waals surface area contributed by atoms with Gasteiger partial charge >= 0.3 is 0 Å². The van der Waals surface area contributed by atoms with Gasteiger partial charge in [-0.25, -0.2) is 0 Å². The number of H-pyrrole nitrogens is 1. The van der Waals surface area contributed by atoms with Gasteiger partial charge in [0.2, 0.25) is 0 Å². The van der Waals surface area contributed by atoms with Crippen LogP contribution >= 0.6 is 0 Å². The van der Waals surface area contributed by atoms with Gasteiger partial charge in [-0.1, -0.05) is 13.8 Å². The summed E-state index contributed by atoms with van der Waals surface area (Å²) in [4.78, 5) is 14.0. The molecular weight excluding hydrogens is 150 g/mol. The Kier molecular flexibility index (Phi) is 2.69. The fourth-order valence-electron chi connectivity index (χ4n) is 1.51. The zero-order valence-electron chi connectivity index (χ0n) is 7.90. The quantitative estimate of drug-likeness (QED) is 0.712. The first-order valence-electron chi connectivity index (χ1n) is 4.40. The zero-order chi connectivity index (χ0) is 9.14. The van der Waals surface area contributed by atoms with E-state index in [-0.39, 0.29) is 5.56 Å². The van der Waals surface area contributed by atoms with Crippen LogP contribution in [-0.4, -0.2) is 4.98 Å². The number of nitrogens with one attached hydrogen (secondary N) is 1. The molecule has 0 amide bonds. The van der Waals surface area contributed by atoms with Gasteiger partial charge in [-0.05, 0) is 30.9 Å². The number of aromatic amines is 1. The van der Waals surface area contributed by atoms with E-state index in [1.165, 1.54) is 5.56 Å². The van der Waals surface area contributed by atoms with Gasteiger partial charge in [-0.2, -0.15) is 0 Å². The smallest absolute Gasteiger partial charge is 0.251 e. The Morgan fingerprint density at radius 2 is 2.00 bits per heavy atom. The van der Waals surface area contributed by atoms with Crippen LogP contribution in [0.4, 0.5) is 0 Å². The second-order valence-corrected chi connectivity index (χ2v) is 2.95. The largest absolute Gasteiger partial charge is 0.329 e. The molecule has 2 nitrogen and oxygen atoms in total. The monoisotopic (exact) mass is 165 g/mol. The molecule has 12 heavy (non-hydrogen) atoms. The van der Waals surface area contributed by atoms with Crippen LogP contribution in [0.1, 0.15) is 30.5 Å². The number of aromatic nitrogens is 1. The lowest BCUT2D eigenvalue weighted by Crippen LogP contribution is -2.14. The summed E-state index contributed by atoms with van der Waals surface area (Å²) in [6.07, 6.45) is 3.61. The third-order valence-electron chi connectivity index (χ3n) is 2.32. The Balaban J connectivity index is 3.34. The van der Waals surface area contributed by atoms with Crippen LogP contribution in [0.2, 0.25) is 0 Å². The highest BCUT2D eigenvalue weighted by atomic mass is 16.1. The third-order valence-corrected chi connectivity index (χ3v) is 2.32. The van der Waals surface area contributed by atoms with Gasteiger partial charge in [0.15, 0.2) is 0 Å². The average molecular weight is 165 g/mol. The summed E-state index contributed by atoms with van der Waals surface area (Å²) < 4.78 is 0. The Hall–Kier alpha value is -1.05. The lowest BCUT2D eigenvalue weighted by Gasteiger charge is -2.06. The van der Waals surface area contributed by atoms with E-state index >= 15 is 0 Å². The minimum atomic E-state index is 0.0622. The first kappa shape index (κ1) is 9.04. The molecule has 0 atom stereocenters. The SMILES string of the molecule is CCc1c[nH]c(=O)c(CC)c1C. The molecule has 2 heteroatoms. The second-order valence-electron chi connectivity index (χ2n) is 2.95.